The molecular formula is C16H17F2N3O4S. The Hall–Kier alpha value is -2.49. The zero-order valence-electron chi connectivity index (χ0n) is 14.0. The third kappa shape index (κ3) is 2.94. The van der Waals surface area contributed by atoms with Crippen LogP contribution >= 0.6 is 11.3 Å². The second kappa shape index (κ2) is 6.67. The lowest BCUT2D eigenvalue weighted by atomic mass is 9.95. The number of nitrogens with two attached hydrogens (primary N) is 1. The summed E-state index contributed by atoms with van der Waals surface area (Å²) >= 11 is 1.27. The Morgan fingerprint density at radius 1 is 1.50 bits per heavy atom. The van der Waals surface area contributed by atoms with E-state index < -0.39 is 29.7 Å². The van der Waals surface area contributed by atoms with Crippen LogP contribution in [0.15, 0.2) is 11.4 Å². The summed E-state index contributed by atoms with van der Waals surface area (Å²) in [4.78, 5) is 27.1. The third-order valence-corrected chi connectivity index (χ3v) is 5.26. The summed E-state index contributed by atoms with van der Waals surface area (Å²) in [5, 5.41) is 3.94. The molecule has 26 heavy (non-hydrogen) atoms. The number of halogens is 2. The summed E-state index contributed by atoms with van der Waals surface area (Å²) in [5.41, 5.74) is 5.87. The quantitative estimate of drug-likeness (QED) is 0.791. The number of ether oxygens (including phenoxy) is 2. The minimum Gasteiger partial charge on any atom is -0.488 e. The first kappa shape index (κ1) is 18.3. The molecule has 7 nitrogen and oxygen atoms in total. The summed E-state index contributed by atoms with van der Waals surface area (Å²) in [6, 6.07) is 0.741. The maximum Gasteiger partial charge on any atom is 0.329 e. The predicted octanol–water partition coefficient (Wildman–Crippen LogP) is 1.94. The number of thiophene rings is 1. The van der Waals surface area contributed by atoms with Gasteiger partial charge in [0.1, 0.15) is 17.7 Å². The van der Waals surface area contributed by atoms with Crippen molar-refractivity contribution >= 4 is 33.4 Å². The van der Waals surface area contributed by atoms with Gasteiger partial charge in [0.15, 0.2) is 5.75 Å². The predicted molar refractivity (Wildman–Crippen MR) is 90.8 cm³/mol. The van der Waals surface area contributed by atoms with Crippen LogP contribution in [0.1, 0.15) is 23.7 Å². The number of methoxy groups -OCH3 is 1. The number of fused-ring (bicyclic) bond motifs is 1. The van der Waals surface area contributed by atoms with Crippen molar-refractivity contribution in [3.63, 3.8) is 0 Å². The van der Waals surface area contributed by atoms with Gasteiger partial charge in [0.25, 0.3) is 11.8 Å². The molecule has 0 unspecified atom stereocenters. The molecule has 1 fully saturated rings. The molecule has 0 spiro atoms. The highest BCUT2D eigenvalue weighted by molar-refractivity contribution is 7.17. The molecule has 10 heteroatoms. The smallest absolute Gasteiger partial charge is 0.329 e. The Kier molecular flexibility index (Phi) is 4.70. The highest BCUT2D eigenvalue weighted by Gasteiger charge is 2.56. The summed E-state index contributed by atoms with van der Waals surface area (Å²) < 4.78 is 39.1. The molecule has 0 aromatic carbocycles. The van der Waals surface area contributed by atoms with Crippen molar-refractivity contribution in [2.75, 3.05) is 13.7 Å². The maximum absolute atomic E-state index is 13.9. The van der Waals surface area contributed by atoms with Gasteiger partial charge in [0.2, 0.25) is 5.88 Å². The third-order valence-electron chi connectivity index (χ3n) is 4.37. The van der Waals surface area contributed by atoms with Gasteiger partial charge in [-0.3, -0.25) is 9.59 Å². The van der Waals surface area contributed by atoms with Crippen LogP contribution in [0.3, 0.4) is 0 Å². The van der Waals surface area contributed by atoms with Gasteiger partial charge in [-0.05, 0) is 12.5 Å². The van der Waals surface area contributed by atoms with E-state index in [2.05, 4.69) is 10.3 Å². The highest BCUT2D eigenvalue weighted by Crippen LogP contribution is 2.37. The van der Waals surface area contributed by atoms with E-state index in [9.17, 15) is 18.4 Å². The molecule has 3 N–H and O–H groups in total. The van der Waals surface area contributed by atoms with Crippen molar-refractivity contribution in [2.45, 2.75) is 25.3 Å². The van der Waals surface area contributed by atoms with Gasteiger partial charge in [-0.25, -0.2) is 4.98 Å². The lowest BCUT2D eigenvalue weighted by Crippen LogP contribution is -2.35. The van der Waals surface area contributed by atoms with E-state index in [0.29, 0.717) is 16.0 Å². The average molecular weight is 385 g/mol. The lowest BCUT2D eigenvalue weighted by Gasteiger charge is -2.20. The van der Waals surface area contributed by atoms with E-state index in [4.69, 9.17) is 15.2 Å². The number of nitrogens with one attached hydrogen (secondary N) is 1. The standard InChI is InChI=1S/C16H17F2N3O4S/c1-3-8-9(20-15(23)16(8,17)18)5-25-10-6-26-11-4-7(13(19)22)14(24-2)21-12(10)11/h4,6,8-9H,3,5H2,1-2H3,(H2,19,22)(H,20,23)/t8-,9+/m0/s1. The second-order valence-corrected chi connectivity index (χ2v) is 6.80. The number of rotatable bonds is 6. The molecule has 2 amide bonds. The van der Waals surface area contributed by atoms with Crippen molar-refractivity contribution in [2.24, 2.45) is 11.7 Å². The van der Waals surface area contributed by atoms with Gasteiger partial charge in [-0.1, -0.05) is 6.92 Å². The van der Waals surface area contributed by atoms with Crippen LogP contribution in [0.2, 0.25) is 0 Å². The van der Waals surface area contributed by atoms with E-state index in [0.717, 1.165) is 0 Å². The van der Waals surface area contributed by atoms with Gasteiger partial charge in [0.05, 0.1) is 23.8 Å². The molecule has 3 heterocycles. The number of amides is 2. The normalized spacial score (nSPS) is 21.6. The number of hydrogen-bond acceptors (Lipinski definition) is 6. The molecule has 1 aliphatic rings. The Morgan fingerprint density at radius 2 is 2.23 bits per heavy atom. The molecule has 2 aromatic heterocycles. The van der Waals surface area contributed by atoms with Crippen LogP contribution in [-0.2, 0) is 4.79 Å². The highest BCUT2D eigenvalue weighted by atomic mass is 32.1. The van der Waals surface area contributed by atoms with E-state index in [1.165, 1.54) is 18.4 Å². The SMILES string of the molecule is CC[C@H]1[C@@H](COc2csc3cc(C(N)=O)c(OC)nc23)NC(=O)C1(F)F. The summed E-state index contributed by atoms with van der Waals surface area (Å²) in [5.74, 6) is -6.08. The average Bonchev–Trinajstić information content (AvgIpc) is 3.09. The zero-order chi connectivity index (χ0) is 19.1. The monoisotopic (exact) mass is 385 g/mol. The minimum absolute atomic E-state index is 0.0559. The molecule has 1 saturated heterocycles. The number of carbonyl (C=O) groups is 2. The number of primary amides is 1. The first-order chi connectivity index (χ1) is 12.3. The lowest BCUT2D eigenvalue weighted by molar-refractivity contribution is -0.144. The van der Waals surface area contributed by atoms with Crippen LogP contribution in [0, 0.1) is 5.92 Å². The second-order valence-electron chi connectivity index (χ2n) is 5.88. The number of hydrogen-bond donors (Lipinski definition) is 2. The minimum atomic E-state index is -3.41. The molecule has 1 aliphatic heterocycles. The molecular weight excluding hydrogens is 368 g/mol. The van der Waals surface area contributed by atoms with Crippen LogP contribution in [0.4, 0.5) is 8.78 Å². The summed E-state index contributed by atoms with van der Waals surface area (Å²) in [7, 11) is 1.36. The first-order valence-corrected chi connectivity index (χ1v) is 8.75. The van der Waals surface area contributed by atoms with E-state index in [-0.39, 0.29) is 24.5 Å². The molecule has 2 atom stereocenters. The van der Waals surface area contributed by atoms with E-state index in [1.54, 1.807) is 18.4 Å². The summed E-state index contributed by atoms with van der Waals surface area (Å²) in [6.07, 6.45) is 0.137. The van der Waals surface area contributed by atoms with Crippen molar-refractivity contribution in [3.8, 4) is 11.6 Å². The summed E-state index contributed by atoms with van der Waals surface area (Å²) in [6.45, 7) is 1.48. The largest absolute Gasteiger partial charge is 0.488 e. The van der Waals surface area contributed by atoms with Crippen LogP contribution in [0.5, 0.6) is 11.6 Å². The van der Waals surface area contributed by atoms with Gasteiger partial charge in [0, 0.05) is 5.38 Å². The number of carbonyl (C=O) groups excluding carboxylic acids is 2. The molecule has 3 rings (SSSR count). The van der Waals surface area contributed by atoms with E-state index in [1.807, 2.05) is 0 Å². The number of nitrogens with zero attached hydrogens (tertiary/aromatic N) is 1. The molecule has 2 aromatic rings. The maximum atomic E-state index is 13.9. The van der Waals surface area contributed by atoms with Crippen molar-refractivity contribution < 1.29 is 27.8 Å². The fraction of sp³-hybridized carbons (Fsp3) is 0.438. The number of aromatic nitrogens is 1. The zero-order valence-corrected chi connectivity index (χ0v) is 14.9. The van der Waals surface area contributed by atoms with Crippen molar-refractivity contribution in [1.29, 1.82) is 0 Å². The Labute approximate surface area is 151 Å². The number of pyridine rings is 1. The van der Waals surface area contributed by atoms with Gasteiger partial charge in [-0.2, -0.15) is 8.78 Å². The first-order valence-electron chi connectivity index (χ1n) is 7.87. The molecule has 0 bridgehead atoms. The molecule has 0 saturated carbocycles. The number of alkyl halides is 2. The van der Waals surface area contributed by atoms with Crippen LogP contribution in [0.25, 0.3) is 10.2 Å². The Balaban J connectivity index is 1.84. The Bertz CT molecular complexity index is 871. The fourth-order valence-electron chi connectivity index (χ4n) is 3.02. The van der Waals surface area contributed by atoms with Crippen LogP contribution < -0.4 is 20.5 Å². The van der Waals surface area contributed by atoms with Gasteiger partial charge < -0.3 is 20.5 Å². The van der Waals surface area contributed by atoms with Gasteiger partial charge in [-0.15, -0.1) is 11.3 Å². The van der Waals surface area contributed by atoms with Gasteiger partial charge >= 0.3 is 5.92 Å². The molecule has 0 aliphatic carbocycles. The molecule has 140 valence electrons. The van der Waals surface area contributed by atoms with Crippen molar-refractivity contribution in [3.05, 3.63) is 17.0 Å². The Morgan fingerprint density at radius 3 is 2.85 bits per heavy atom. The fourth-order valence-corrected chi connectivity index (χ4v) is 3.87. The molecule has 0 radical (unpaired) electrons. The topological polar surface area (TPSA) is 104 Å². The van der Waals surface area contributed by atoms with Crippen molar-refractivity contribution in [1.82, 2.24) is 10.3 Å². The van der Waals surface area contributed by atoms with E-state index >= 15 is 0 Å². The van der Waals surface area contributed by atoms with Crippen LogP contribution in [-0.4, -0.2) is 42.5 Å².